The van der Waals surface area contributed by atoms with Gasteiger partial charge in [-0.1, -0.05) is 30.3 Å². The SMILES string of the molecule is O=C1C(=C2SCCS2)CCC[C@]12C[C@H]2c1ccccc1. The molecule has 1 saturated heterocycles. The summed E-state index contributed by atoms with van der Waals surface area (Å²) in [4.78, 5) is 13.0. The molecule has 104 valence electrons. The number of carbonyl (C=O) groups is 1. The van der Waals surface area contributed by atoms with Crippen LogP contribution in [0.4, 0.5) is 0 Å². The highest BCUT2D eigenvalue weighted by molar-refractivity contribution is 8.25. The van der Waals surface area contributed by atoms with Crippen LogP contribution in [0.25, 0.3) is 0 Å². The summed E-state index contributed by atoms with van der Waals surface area (Å²) in [5.41, 5.74) is 2.49. The van der Waals surface area contributed by atoms with Crippen LogP contribution in [-0.4, -0.2) is 17.3 Å². The molecule has 2 aliphatic carbocycles. The lowest BCUT2D eigenvalue weighted by Gasteiger charge is -2.25. The molecule has 0 radical (unpaired) electrons. The van der Waals surface area contributed by atoms with E-state index >= 15 is 0 Å². The number of hydrogen-bond acceptors (Lipinski definition) is 3. The van der Waals surface area contributed by atoms with Gasteiger partial charge in [-0.25, -0.2) is 0 Å². The maximum atomic E-state index is 13.0. The van der Waals surface area contributed by atoms with Crippen LogP contribution in [0.2, 0.25) is 0 Å². The Balaban J connectivity index is 1.64. The van der Waals surface area contributed by atoms with Crippen LogP contribution in [0.5, 0.6) is 0 Å². The molecule has 0 aromatic heterocycles. The molecule has 3 aliphatic rings. The third kappa shape index (κ3) is 1.98. The van der Waals surface area contributed by atoms with E-state index in [4.69, 9.17) is 0 Å². The highest BCUT2D eigenvalue weighted by atomic mass is 32.2. The number of allylic oxidation sites excluding steroid dienone is 1. The molecule has 0 N–H and O–H groups in total. The third-order valence-electron chi connectivity index (χ3n) is 4.85. The fraction of sp³-hybridized carbons (Fsp3) is 0.471. The van der Waals surface area contributed by atoms with Gasteiger partial charge in [-0.3, -0.25) is 4.79 Å². The van der Waals surface area contributed by atoms with Crippen molar-refractivity contribution < 1.29 is 4.79 Å². The summed E-state index contributed by atoms with van der Waals surface area (Å²) in [5.74, 6) is 3.30. The molecule has 1 nitrogen and oxygen atoms in total. The average Bonchev–Trinajstić information content (AvgIpc) is 2.95. The molecule has 4 rings (SSSR count). The standard InChI is InChI=1S/C17H18OS2/c18-15-13(16-19-9-10-20-16)7-4-8-17(15)11-14(17)12-5-2-1-3-6-12/h1-3,5-6,14H,4,7-11H2/t14-,17+/m0/s1. The Morgan fingerprint density at radius 3 is 2.60 bits per heavy atom. The van der Waals surface area contributed by atoms with Gasteiger partial charge < -0.3 is 0 Å². The number of ketones is 1. The fourth-order valence-electron chi connectivity index (χ4n) is 3.74. The molecule has 3 fully saturated rings. The van der Waals surface area contributed by atoms with Crippen molar-refractivity contribution in [3.05, 3.63) is 45.7 Å². The molecule has 1 aromatic rings. The number of benzene rings is 1. The normalized spacial score (nSPS) is 33.0. The van der Waals surface area contributed by atoms with E-state index in [1.54, 1.807) is 0 Å². The molecule has 0 amide bonds. The number of carbonyl (C=O) groups excluding carboxylic acids is 1. The van der Waals surface area contributed by atoms with Gasteiger partial charge in [0, 0.05) is 26.7 Å². The Kier molecular flexibility index (Phi) is 3.23. The van der Waals surface area contributed by atoms with E-state index in [1.807, 2.05) is 23.5 Å². The number of thioether (sulfide) groups is 2. The quantitative estimate of drug-likeness (QED) is 0.705. The van der Waals surface area contributed by atoms with E-state index in [0.29, 0.717) is 11.7 Å². The first-order valence-electron chi connectivity index (χ1n) is 7.40. The molecule has 1 heterocycles. The monoisotopic (exact) mass is 302 g/mol. The Hall–Kier alpha value is -0.670. The summed E-state index contributed by atoms with van der Waals surface area (Å²) in [7, 11) is 0. The summed E-state index contributed by atoms with van der Waals surface area (Å²) in [5, 5.41) is 0. The van der Waals surface area contributed by atoms with Gasteiger partial charge in [0.2, 0.25) is 0 Å². The summed E-state index contributed by atoms with van der Waals surface area (Å²) in [6.45, 7) is 0. The Bertz CT molecular complexity index is 570. The molecule has 2 saturated carbocycles. The summed E-state index contributed by atoms with van der Waals surface area (Å²) < 4.78 is 1.34. The minimum atomic E-state index is -0.0361. The molecule has 0 unspecified atom stereocenters. The zero-order chi connectivity index (χ0) is 13.6. The van der Waals surface area contributed by atoms with Crippen LogP contribution in [-0.2, 0) is 4.79 Å². The van der Waals surface area contributed by atoms with E-state index in [9.17, 15) is 4.79 Å². The molecule has 1 aromatic carbocycles. The predicted octanol–water partition coefficient (Wildman–Crippen LogP) is 4.60. The van der Waals surface area contributed by atoms with Crippen LogP contribution < -0.4 is 0 Å². The lowest BCUT2D eigenvalue weighted by Crippen LogP contribution is -2.25. The second kappa shape index (κ2) is 4.96. The molecule has 1 aliphatic heterocycles. The van der Waals surface area contributed by atoms with E-state index in [-0.39, 0.29) is 5.41 Å². The number of Topliss-reactive ketones (excluding diaryl/α,β-unsaturated/α-hetero) is 1. The predicted molar refractivity (Wildman–Crippen MR) is 87.0 cm³/mol. The highest BCUT2D eigenvalue weighted by Crippen LogP contribution is 2.66. The molecule has 1 spiro atoms. The highest BCUT2D eigenvalue weighted by Gasteiger charge is 2.61. The first kappa shape index (κ1) is 13.0. The van der Waals surface area contributed by atoms with E-state index < -0.39 is 0 Å². The molecule has 2 atom stereocenters. The second-order valence-corrected chi connectivity index (χ2v) is 8.44. The largest absolute Gasteiger partial charge is 0.294 e. The van der Waals surface area contributed by atoms with Crippen LogP contribution in [0.3, 0.4) is 0 Å². The van der Waals surface area contributed by atoms with Crippen molar-refractivity contribution >= 4 is 29.3 Å². The fourth-order valence-corrected chi connectivity index (χ4v) is 6.35. The Labute approximate surface area is 128 Å². The topological polar surface area (TPSA) is 17.1 Å². The maximum absolute atomic E-state index is 13.0. The molecular formula is C17H18OS2. The zero-order valence-electron chi connectivity index (χ0n) is 11.4. The van der Waals surface area contributed by atoms with E-state index in [2.05, 4.69) is 30.3 Å². The van der Waals surface area contributed by atoms with Gasteiger partial charge in [-0.15, -0.1) is 23.5 Å². The van der Waals surface area contributed by atoms with Crippen molar-refractivity contribution in [1.82, 2.24) is 0 Å². The van der Waals surface area contributed by atoms with Crippen LogP contribution >= 0.6 is 23.5 Å². The van der Waals surface area contributed by atoms with E-state index in [1.165, 1.54) is 33.3 Å². The van der Waals surface area contributed by atoms with Crippen LogP contribution in [0, 0.1) is 5.41 Å². The van der Waals surface area contributed by atoms with Crippen LogP contribution in [0.1, 0.15) is 37.2 Å². The van der Waals surface area contributed by atoms with Gasteiger partial charge >= 0.3 is 0 Å². The van der Waals surface area contributed by atoms with Crippen molar-refractivity contribution in [2.45, 2.75) is 31.6 Å². The third-order valence-corrected chi connectivity index (χ3v) is 7.65. The lowest BCUT2D eigenvalue weighted by molar-refractivity contribution is -0.122. The Morgan fingerprint density at radius 1 is 1.10 bits per heavy atom. The molecule has 20 heavy (non-hydrogen) atoms. The number of rotatable bonds is 1. The first-order valence-corrected chi connectivity index (χ1v) is 9.37. The van der Waals surface area contributed by atoms with Gasteiger partial charge in [0.25, 0.3) is 0 Å². The van der Waals surface area contributed by atoms with Gasteiger partial charge in [-0.2, -0.15) is 0 Å². The van der Waals surface area contributed by atoms with Crippen molar-refractivity contribution in [3.8, 4) is 0 Å². The van der Waals surface area contributed by atoms with Crippen molar-refractivity contribution in [1.29, 1.82) is 0 Å². The molecular weight excluding hydrogens is 284 g/mol. The summed E-state index contributed by atoms with van der Waals surface area (Å²) >= 11 is 3.80. The lowest BCUT2D eigenvalue weighted by atomic mass is 9.79. The van der Waals surface area contributed by atoms with Crippen molar-refractivity contribution in [2.75, 3.05) is 11.5 Å². The van der Waals surface area contributed by atoms with Gasteiger partial charge in [0.05, 0.1) is 0 Å². The van der Waals surface area contributed by atoms with Crippen molar-refractivity contribution in [3.63, 3.8) is 0 Å². The Morgan fingerprint density at radius 2 is 1.85 bits per heavy atom. The molecule has 0 bridgehead atoms. The van der Waals surface area contributed by atoms with Crippen molar-refractivity contribution in [2.24, 2.45) is 5.41 Å². The van der Waals surface area contributed by atoms with Gasteiger partial charge in [0.1, 0.15) is 0 Å². The zero-order valence-corrected chi connectivity index (χ0v) is 13.1. The molecule has 3 heteroatoms. The minimum Gasteiger partial charge on any atom is -0.294 e. The van der Waals surface area contributed by atoms with Gasteiger partial charge in [-0.05, 0) is 37.2 Å². The maximum Gasteiger partial charge on any atom is 0.167 e. The first-order chi connectivity index (χ1) is 9.81. The minimum absolute atomic E-state index is 0.0361. The van der Waals surface area contributed by atoms with E-state index in [0.717, 1.165) is 19.3 Å². The van der Waals surface area contributed by atoms with Gasteiger partial charge in [0.15, 0.2) is 5.78 Å². The number of hydrogen-bond donors (Lipinski definition) is 0. The average molecular weight is 302 g/mol. The summed E-state index contributed by atoms with van der Waals surface area (Å²) in [6.07, 6.45) is 4.37. The summed E-state index contributed by atoms with van der Waals surface area (Å²) in [6, 6.07) is 10.6. The van der Waals surface area contributed by atoms with Crippen LogP contribution in [0.15, 0.2) is 40.1 Å². The second-order valence-electron chi connectivity index (χ2n) is 5.97. The smallest absolute Gasteiger partial charge is 0.167 e.